The fraction of sp³-hybridized carbons (Fsp3) is 0.133. The molecule has 0 saturated carbocycles. The highest BCUT2D eigenvalue weighted by Crippen LogP contribution is 2.38. The van der Waals surface area contributed by atoms with Crippen molar-refractivity contribution in [3.8, 4) is 0 Å². The molecule has 2 aromatic rings. The molecule has 0 fully saturated rings. The number of nitrogens with two attached hydrogens (primary N) is 1. The molecule has 0 unspecified atom stereocenters. The fourth-order valence-electron chi connectivity index (χ4n) is 2.29. The number of nitrogens with zero attached hydrogens (tertiary/aromatic N) is 3. The van der Waals surface area contributed by atoms with E-state index in [1.807, 2.05) is 43.3 Å². The van der Waals surface area contributed by atoms with Crippen LogP contribution < -0.4 is 5.73 Å². The number of benzene rings is 1. The first kappa shape index (κ1) is 13.0. The number of hydrogen-bond acceptors (Lipinski definition) is 4. The number of aromatic nitrogens is 1. The quantitative estimate of drug-likeness (QED) is 0.921. The summed E-state index contributed by atoms with van der Waals surface area (Å²) in [5.74, 6) is 0.474. The van der Waals surface area contributed by atoms with Gasteiger partial charge in [0.25, 0.3) is 0 Å². The summed E-state index contributed by atoms with van der Waals surface area (Å²) in [7, 11) is 0. The number of aliphatic imine (C=N–C) groups is 2. The van der Waals surface area contributed by atoms with E-state index in [1.54, 1.807) is 12.4 Å². The normalized spacial score (nSPS) is 21.5. The molecule has 3 rings (SSSR count). The van der Waals surface area contributed by atoms with Crippen molar-refractivity contribution in [2.75, 3.05) is 0 Å². The molecule has 0 aliphatic carbocycles. The average Bonchev–Trinajstić information content (AvgIpc) is 2.77. The van der Waals surface area contributed by atoms with Crippen LogP contribution in [-0.4, -0.2) is 16.5 Å². The van der Waals surface area contributed by atoms with E-state index in [-0.39, 0.29) is 0 Å². The summed E-state index contributed by atoms with van der Waals surface area (Å²) in [6.45, 7) is 1.87. The molecule has 1 aliphatic heterocycles. The monoisotopic (exact) mass is 328 g/mol. The molecular weight excluding hydrogens is 316 g/mol. The lowest BCUT2D eigenvalue weighted by Crippen LogP contribution is -2.22. The van der Waals surface area contributed by atoms with Crippen LogP contribution in [0.15, 0.2) is 63.2 Å². The van der Waals surface area contributed by atoms with E-state index in [2.05, 4.69) is 25.9 Å². The topological polar surface area (TPSA) is 63.6 Å². The summed E-state index contributed by atoms with van der Waals surface area (Å²) >= 11 is 3.50. The Kier molecular flexibility index (Phi) is 3.14. The second-order valence-electron chi connectivity index (χ2n) is 4.61. The van der Waals surface area contributed by atoms with E-state index in [4.69, 9.17) is 10.7 Å². The lowest BCUT2D eigenvalue weighted by Gasteiger charge is -2.24. The van der Waals surface area contributed by atoms with Crippen LogP contribution in [0.25, 0.3) is 0 Å². The maximum absolute atomic E-state index is 5.96. The Bertz CT molecular complexity index is 689. The molecule has 2 heterocycles. The van der Waals surface area contributed by atoms with Crippen LogP contribution in [0.1, 0.15) is 18.1 Å². The molecule has 0 amide bonds. The van der Waals surface area contributed by atoms with Crippen LogP contribution >= 0.6 is 15.9 Å². The first-order chi connectivity index (χ1) is 9.62. The Labute approximate surface area is 125 Å². The average molecular weight is 329 g/mol. The van der Waals surface area contributed by atoms with Gasteiger partial charge in [0.1, 0.15) is 5.84 Å². The van der Waals surface area contributed by atoms with E-state index < -0.39 is 5.66 Å². The molecule has 1 atom stereocenters. The summed E-state index contributed by atoms with van der Waals surface area (Å²) < 4.78 is 0.983. The fourth-order valence-corrected chi connectivity index (χ4v) is 2.69. The Morgan fingerprint density at radius 1 is 1.05 bits per heavy atom. The maximum Gasteiger partial charge on any atom is 0.204 e. The Hall–Kier alpha value is -2.01. The van der Waals surface area contributed by atoms with Gasteiger partial charge in [-0.1, -0.05) is 28.1 Å². The Morgan fingerprint density at radius 2 is 1.80 bits per heavy atom. The molecule has 0 bridgehead atoms. The highest BCUT2D eigenvalue weighted by Gasteiger charge is 2.38. The van der Waals surface area contributed by atoms with Gasteiger partial charge in [-0.3, -0.25) is 4.98 Å². The number of rotatable bonds is 2. The molecule has 1 aliphatic rings. The van der Waals surface area contributed by atoms with Gasteiger partial charge < -0.3 is 5.73 Å². The molecule has 0 saturated heterocycles. The zero-order valence-electron chi connectivity index (χ0n) is 10.9. The van der Waals surface area contributed by atoms with Gasteiger partial charge in [0.05, 0.1) is 5.71 Å². The number of hydrogen-bond donors (Lipinski definition) is 1. The van der Waals surface area contributed by atoms with E-state index in [1.165, 1.54) is 0 Å². The standard InChI is InChI=1S/C15H13BrN4/c1-10-14(17)20-15(19-10,11-5-7-18-8-6-11)12-3-2-4-13(16)9-12/h2-9H,1H3,(H2,17,20)/t15-/m0/s1. The third kappa shape index (κ3) is 2.04. The van der Waals surface area contributed by atoms with E-state index in [0.717, 1.165) is 21.3 Å². The largest absolute Gasteiger partial charge is 0.382 e. The molecule has 0 radical (unpaired) electrons. The summed E-state index contributed by atoms with van der Waals surface area (Å²) in [5, 5.41) is 0. The van der Waals surface area contributed by atoms with Crippen molar-refractivity contribution >= 4 is 27.5 Å². The van der Waals surface area contributed by atoms with E-state index in [0.29, 0.717) is 5.84 Å². The van der Waals surface area contributed by atoms with Crippen molar-refractivity contribution in [3.05, 3.63) is 64.4 Å². The summed E-state index contributed by atoms with van der Waals surface area (Å²) in [6.07, 6.45) is 3.48. The predicted molar refractivity (Wildman–Crippen MR) is 83.9 cm³/mol. The molecule has 1 aromatic heterocycles. The SMILES string of the molecule is CC1=N[C@](c2ccncc2)(c2cccc(Br)c2)N=C1N. The summed E-state index contributed by atoms with van der Waals surface area (Å²) in [5.41, 5.74) is 7.83. The van der Waals surface area contributed by atoms with Gasteiger partial charge in [0.15, 0.2) is 0 Å². The minimum absolute atomic E-state index is 0.474. The lowest BCUT2D eigenvalue weighted by molar-refractivity contribution is 0.586. The third-order valence-electron chi connectivity index (χ3n) is 3.29. The Balaban J connectivity index is 2.26. The first-order valence-corrected chi connectivity index (χ1v) is 7.00. The van der Waals surface area contributed by atoms with Crippen LogP contribution in [0.5, 0.6) is 0 Å². The lowest BCUT2D eigenvalue weighted by atomic mass is 9.93. The number of halogens is 1. The van der Waals surface area contributed by atoms with Crippen molar-refractivity contribution in [1.82, 2.24) is 4.98 Å². The van der Waals surface area contributed by atoms with Crippen LogP contribution in [0.3, 0.4) is 0 Å². The molecule has 2 N–H and O–H groups in total. The smallest absolute Gasteiger partial charge is 0.204 e. The van der Waals surface area contributed by atoms with Crippen LogP contribution in [0, 0.1) is 0 Å². The predicted octanol–water partition coefficient (Wildman–Crippen LogP) is 2.88. The van der Waals surface area contributed by atoms with Gasteiger partial charge in [-0.2, -0.15) is 0 Å². The minimum atomic E-state index is -0.805. The van der Waals surface area contributed by atoms with Gasteiger partial charge in [-0.05, 0) is 31.2 Å². The molecular formula is C15H13BrN4. The van der Waals surface area contributed by atoms with Crippen LogP contribution in [0.4, 0.5) is 0 Å². The highest BCUT2D eigenvalue weighted by atomic mass is 79.9. The van der Waals surface area contributed by atoms with Crippen molar-refractivity contribution in [2.45, 2.75) is 12.6 Å². The first-order valence-electron chi connectivity index (χ1n) is 6.20. The summed E-state index contributed by atoms with van der Waals surface area (Å²) in [4.78, 5) is 13.4. The van der Waals surface area contributed by atoms with Gasteiger partial charge in [-0.25, -0.2) is 9.98 Å². The van der Waals surface area contributed by atoms with Gasteiger partial charge in [-0.15, -0.1) is 0 Å². The number of amidine groups is 1. The molecule has 20 heavy (non-hydrogen) atoms. The molecule has 5 heteroatoms. The number of pyridine rings is 1. The molecule has 100 valence electrons. The minimum Gasteiger partial charge on any atom is -0.382 e. The molecule has 1 aromatic carbocycles. The second-order valence-corrected chi connectivity index (χ2v) is 5.53. The molecule has 4 nitrogen and oxygen atoms in total. The molecule has 0 spiro atoms. The Morgan fingerprint density at radius 3 is 2.40 bits per heavy atom. The second kappa shape index (κ2) is 4.83. The highest BCUT2D eigenvalue weighted by molar-refractivity contribution is 9.10. The van der Waals surface area contributed by atoms with Crippen molar-refractivity contribution < 1.29 is 0 Å². The van der Waals surface area contributed by atoms with Crippen molar-refractivity contribution in [3.63, 3.8) is 0 Å². The zero-order chi connectivity index (χ0) is 14.2. The van der Waals surface area contributed by atoms with Gasteiger partial charge >= 0.3 is 0 Å². The van der Waals surface area contributed by atoms with Gasteiger partial charge in [0.2, 0.25) is 5.66 Å². The van der Waals surface area contributed by atoms with Gasteiger partial charge in [0, 0.05) is 28.0 Å². The van der Waals surface area contributed by atoms with Crippen molar-refractivity contribution in [1.29, 1.82) is 0 Å². The zero-order valence-corrected chi connectivity index (χ0v) is 12.5. The van der Waals surface area contributed by atoms with Crippen LogP contribution in [0.2, 0.25) is 0 Å². The van der Waals surface area contributed by atoms with E-state index >= 15 is 0 Å². The van der Waals surface area contributed by atoms with E-state index in [9.17, 15) is 0 Å². The maximum atomic E-state index is 5.96. The summed E-state index contributed by atoms with van der Waals surface area (Å²) in [6, 6.07) is 11.8. The third-order valence-corrected chi connectivity index (χ3v) is 3.79. The van der Waals surface area contributed by atoms with Crippen LogP contribution in [-0.2, 0) is 5.66 Å². The van der Waals surface area contributed by atoms with Crippen molar-refractivity contribution in [2.24, 2.45) is 15.7 Å².